The summed E-state index contributed by atoms with van der Waals surface area (Å²) in [7, 11) is 0. The zero-order chi connectivity index (χ0) is 12.3. The molecular weight excluding hydrogens is 243 g/mol. The highest BCUT2D eigenvalue weighted by Gasteiger charge is 2.24. The van der Waals surface area contributed by atoms with E-state index in [1.165, 1.54) is 0 Å². The van der Waals surface area contributed by atoms with Crippen molar-refractivity contribution in [3.63, 3.8) is 0 Å². The molecule has 0 fully saturated rings. The van der Waals surface area contributed by atoms with E-state index in [1.54, 1.807) is 18.2 Å². The van der Waals surface area contributed by atoms with Gasteiger partial charge in [-0.1, -0.05) is 44.0 Å². The molecule has 0 aliphatic heterocycles. The summed E-state index contributed by atoms with van der Waals surface area (Å²) in [6, 6.07) is 5.28. The molecule has 0 bridgehead atoms. The molecule has 1 aromatic carbocycles. The summed E-state index contributed by atoms with van der Waals surface area (Å²) < 4.78 is 0. The molecule has 0 N–H and O–H groups in total. The van der Waals surface area contributed by atoms with Crippen molar-refractivity contribution in [2.24, 2.45) is 5.92 Å². The molecule has 1 nitrogen and oxygen atoms in total. The van der Waals surface area contributed by atoms with Crippen molar-refractivity contribution in [1.82, 2.24) is 0 Å². The van der Waals surface area contributed by atoms with Crippen molar-refractivity contribution in [3.8, 4) is 0 Å². The molecule has 1 rings (SSSR count). The first-order chi connectivity index (χ1) is 7.47. The molecule has 0 aliphatic carbocycles. The lowest BCUT2D eigenvalue weighted by Gasteiger charge is -2.20. The monoisotopic (exact) mass is 258 g/mol. The zero-order valence-electron chi connectivity index (χ0n) is 9.76. The van der Waals surface area contributed by atoms with Gasteiger partial charge in [0.2, 0.25) is 0 Å². The van der Waals surface area contributed by atoms with Crippen molar-refractivity contribution in [2.75, 3.05) is 0 Å². The van der Waals surface area contributed by atoms with Crippen LogP contribution in [0.2, 0.25) is 10.0 Å². The SMILES string of the molecule is CCC(=O)C(c1cc(Cl)ccc1Cl)C(C)C. The topological polar surface area (TPSA) is 17.1 Å². The first-order valence-corrected chi connectivity index (χ1v) is 6.20. The Labute approximate surface area is 107 Å². The van der Waals surface area contributed by atoms with E-state index in [0.29, 0.717) is 16.5 Å². The molecule has 3 heteroatoms. The van der Waals surface area contributed by atoms with Gasteiger partial charge < -0.3 is 0 Å². The van der Waals surface area contributed by atoms with Crippen molar-refractivity contribution in [2.45, 2.75) is 33.1 Å². The van der Waals surface area contributed by atoms with Crippen LogP contribution in [0.4, 0.5) is 0 Å². The van der Waals surface area contributed by atoms with E-state index in [0.717, 1.165) is 5.56 Å². The number of hydrogen-bond donors (Lipinski definition) is 0. The van der Waals surface area contributed by atoms with E-state index in [1.807, 2.05) is 20.8 Å². The summed E-state index contributed by atoms with van der Waals surface area (Å²) in [5.74, 6) is 0.277. The lowest BCUT2D eigenvalue weighted by molar-refractivity contribution is -0.121. The predicted octanol–water partition coefficient (Wildman–Crippen LogP) is 4.71. The Kier molecular flexibility index (Phi) is 4.82. The van der Waals surface area contributed by atoms with Gasteiger partial charge in [0.05, 0.1) is 0 Å². The highest BCUT2D eigenvalue weighted by Crippen LogP contribution is 2.33. The van der Waals surface area contributed by atoms with Gasteiger partial charge in [-0.2, -0.15) is 0 Å². The Balaban J connectivity index is 3.20. The van der Waals surface area contributed by atoms with Gasteiger partial charge in [0.1, 0.15) is 5.78 Å². The summed E-state index contributed by atoms with van der Waals surface area (Å²) in [6.07, 6.45) is 0.520. The van der Waals surface area contributed by atoms with Crippen molar-refractivity contribution in [3.05, 3.63) is 33.8 Å². The summed E-state index contributed by atoms with van der Waals surface area (Å²) in [5, 5.41) is 1.24. The van der Waals surface area contributed by atoms with Crippen LogP contribution in [0.1, 0.15) is 38.7 Å². The second-order valence-corrected chi connectivity index (χ2v) is 5.05. The van der Waals surface area contributed by atoms with Crippen LogP contribution >= 0.6 is 23.2 Å². The van der Waals surface area contributed by atoms with Gasteiger partial charge in [-0.05, 0) is 29.7 Å². The van der Waals surface area contributed by atoms with Gasteiger partial charge in [-0.15, -0.1) is 0 Å². The third-order valence-corrected chi connectivity index (χ3v) is 3.23. The molecule has 0 heterocycles. The highest BCUT2D eigenvalue weighted by molar-refractivity contribution is 6.33. The summed E-state index contributed by atoms with van der Waals surface area (Å²) in [5.41, 5.74) is 0.844. The first-order valence-electron chi connectivity index (χ1n) is 5.45. The van der Waals surface area contributed by atoms with Crippen molar-refractivity contribution < 1.29 is 4.79 Å². The minimum Gasteiger partial charge on any atom is -0.299 e. The lowest BCUT2D eigenvalue weighted by atomic mass is 9.84. The Morgan fingerprint density at radius 2 is 1.94 bits per heavy atom. The Morgan fingerprint density at radius 3 is 2.44 bits per heavy atom. The molecular formula is C13H16Cl2O. The molecule has 0 radical (unpaired) electrons. The van der Waals surface area contributed by atoms with Crippen LogP contribution in [0.15, 0.2) is 18.2 Å². The van der Waals surface area contributed by atoms with Gasteiger partial charge in [0, 0.05) is 22.4 Å². The van der Waals surface area contributed by atoms with Crippen LogP contribution in [0.3, 0.4) is 0 Å². The predicted molar refractivity (Wildman–Crippen MR) is 69.3 cm³/mol. The number of Topliss-reactive ketones (excluding diaryl/α,β-unsaturated/α-hetero) is 1. The average molecular weight is 259 g/mol. The molecule has 0 aromatic heterocycles. The molecule has 0 aliphatic rings. The molecule has 0 saturated heterocycles. The second-order valence-electron chi connectivity index (χ2n) is 4.21. The number of carbonyl (C=O) groups is 1. The molecule has 16 heavy (non-hydrogen) atoms. The van der Waals surface area contributed by atoms with Crippen molar-refractivity contribution >= 4 is 29.0 Å². The largest absolute Gasteiger partial charge is 0.299 e. The number of rotatable bonds is 4. The molecule has 1 unspecified atom stereocenters. The van der Waals surface area contributed by atoms with E-state index in [4.69, 9.17) is 23.2 Å². The van der Waals surface area contributed by atoms with E-state index in [9.17, 15) is 4.79 Å². The van der Waals surface area contributed by atoms with Gasteiger partial charge in [0.25, 0.3) is 0 Å². The maximum Gasteiger partial charge on any atom is 0.140 e. The molecule has 0 spiro atoms. The smallest absolute Gasteiger partial charge is 0.140 e. The third-order valence-electron chi connectivity index (χ3n) is 2.66. The van der Waals surface area contributed by atoms with Crippen LogP contribution < -0.4 is 0 Å². The standard InChI is InChI=1S/C13H16Cl2O/c1-4-12(16)13(8(2)3)10-7-9(14)5-6-11(10)15/h5-8,13H,4H2,1-3H3. The quantitative estimate of drug-likeness (QED) is 0.765. The number of halogens is 2. The zero-order valence-corrected chi connectivity index (χ0v) is 11.3. The summed E-state index contributed by atoms with van der Waals surface area (Å²) in [6.45, 7) is 5.92. The fourth-order valence-electron chi connectivity index (χ4n) is 1.88. The first kappa shape index (κ1) is 13.5. The van der Waals surface area contributed by atoms with E-state index in [2.05, 4.69) is 0 Å². The van der Waals surface area contributed by atoms with Gasteiger partial charge in [-0.3, -0.25) is 4.79 Å². The van der Waals surface area contributed by atoms with Gasteiger partial charge in [0.15, 0.2) is 0 Å². The van der Waals surface area contributed by atoms with Gasteiger partial charge >= 0.3 is 0 Å². The number of benzene rings is 1. The number of ketones is 1. The van der Waals surface area contributed by atoms with Crippen LogP contribution in [0.5, 0.6) is 0 Å². The maximum absolute atomic E-state index is 11.9. The Hall–Kier alpha value is -0.530. The number of carbonyl (C=O) groups excluding carboxylic acids is 1. The molecule has 0 amide bonds. The minimum absolute atomic E-state index is 0.156. The van der Waals surface area contributed by atoms with Crippen molar-refractivity contribution in [1.29, 1.82) is 0 Å². The van der Waals surface area contributed by atoms with Gasteiger partial charge in [-0.25, -0.2) is 0 Å². The lowest BCUT2D eigenvalue weighted by Crippen LogP contribution is -2.17. The van der Waals surface area contributed by atoms with E-state index >= 15 is 0 Å². The van der Waals surface area contributed by atoms with E-state index in [-0.39, 0.29) is 17.6 Å². The highest BCUT2D eigenvalue weighted by atomic mass is 35.5. The maximum atomic E-state index is 11.9. The minimum atomic E-state index is -0.156. The fourth-order valence-corrected chi connectivity index (χ4v) is 2.29. The molecule has 1 atom stereocenters. The van der Waals surface area contributed by atoms with Crippen LogP contribution in [-0.2, 0) is 4.79 Å². The third kappa shape index (κ3) is 2.99. The average Bonchev–Trinajstić information content (AvgIpc) is 2.22. The van der Waals surface area contributed by atoms with Crippen LogP contribution in [-0.4, -0.2) is 5.78 Å². The summed E-state index contributed by atoms with van der Waals surface area (Å²) >= 11 is 12.1. The Morgan fingerprint density at radius 1 is 1.31 bits per heavy atom. The molecule has 1 aromatic rings. The number of hydrogen-bond acceptors (Lipinski definition) is 1. The molecule has 88 valence electrons. The summed E-state index contributed by atoms with van der Waals surface area (Å²) in [4.78, 5) is 11.9. The van der Waals surface area contributed by atoms with Crippen LogP contribution in [0.25, 0.3) is 0 Å². The second kappa shape index (κ2) is 5.70. The van der Waals surface area contributed by atoms with E-state index < -0.39 is 0 Å². The molecule has 0 saturated carbocycles. The normalized spacial score (nSPS) is 12.9. The van der Waals surface area contributed by atoms with Crippen LogP contribution in [0, 0.1) is 5.92 Å². The fraction of sp³-hybridized carbons (Fsp3) is 0.462. The Bertz CT molecular complexity index is 386.